The Morgan fingerprint density at radius 1 is 1.43 bits per heavy atom. The number of amides is 1. The maximum atomic E-state index is 12.2. The van der Waals surface area contributed by atoms with Gasteiger partial charge in [0.15, 0.2) is 0 Å². The molecule has 2 aromatic rings. The molecule has 1 amide bonds. The smallest absolute Gasteiger partial charge is 0.269 e. The molecule has 3 rings (SSSR count). The summed E-state index contributed by atoms with van der Waals surface area (Å²) in [6.07, 6.45) is 2.27. The van der Waals surface area contributed by atoms with Crippen LogP contribution in [0.4, 0.5) is 11.4 Å². The van der Waals surface area contributed by atoms with Crippen LogP contribution in [0.3, 0.4) is 0 Å². The number of anilines is 1. The Balaban J connectivity index is 1.56. The van der Waals surface area contributed by atoms with Gasteiger partial charge in [0.2, 0.25) is 11.1 Å². The number of nitrogens with zero attached hydrogens (tertiary/aromatic N) is 3. The third kappa shape index (κ3) is 3.86. The summed E-state index contributed by atoms with van der Waals surface area (Å²) in [5.41, 5.74) is 0.500. The first-order chi connectivity index (χ1) is 11.0. The fraction of sp³-hybridized carbons (Fsp3) is 0.357. The SMILES string of the molecule is CC(Sc1n[nH]c(C2CC2)n1)C(=O)Nc1ccc([N+](=O)[O-])cc1. The van der Waals surface area contributed by atoms with Crippen LogP contribution in [0.5, 0.6) is 0 Å². The monoisotopic (exact) mass is 333 g/mol. The van der Waals surface area contributed by atoms with Gasteiger partial charge in [-0.1, -0.05) is 11.8 Å². The molecule has 0 bridgehead atoms. The lowest BCUT2D eigenvalue weighted by Gasteiger charge is -2.09. The lowest BCUT2D eigenvalue weighted by Crippen LogP contribution is -2.22. The molecule has 1 aliphatic carbocycles. The van der Waals surface area contributed by atoms with Crippen LogP contribution in [0.15, 0.2) is 29.4 Å². The quantitative estimate of drug-likeness (QED) is 0.477. The second-order valence-electron chi connectivity index (χ2n) is 5.33. The molecule has 1 saturated carbocycles. The third-order valence-electron chi connectivity index (χ3n) is 3.44. The van der Waals surface area contributed by atoms with Crippen LogP contribution in [0, 0.1) is 10.1 Å². The topological polar surface area (TPSA) is 114 Å². The van der Waals surface area contributed by atoms with E-state index in [1.54, 1.807) is 6.92 Å². The van der Waals surface area contributed by atoms with E-state index in [2.05, 4.69) is 20.5 Å². The zero-order chi connectivity index (χ0) is 16.4. The van der Waals surface area contributed by atoms with Crippen LogP contribution < -0.4 is 5.32 Å². The van der Waals surface area contributed by atoms with Crippen molar-refractivity contribution in [2.75, 3.05) is 5.32 Å². The molecule has 0 aliphatic heterocycles. The Bertz CT molecular complexity index is 726. The van der Waals surface area contributed by atoms with Gasteiger partial charge < -0.3 is 5.32 Å². The second-order valence-corrected chi connectivity index (χ2v) is 6.64. The number of carbonyl (C=O) groups excluding carboxylic acids is 1. The number of H-pyrrole nitrogens is 1. The van der Waals surface area contributed by atoms with Crippen LogP contribution in [-0.2, 0) is 4.79 Å². The first kappa shape index (κ1) is 15.5. The van der Waals surface area contributed by atoms with Gasteiger partial charge >= 0.3 is 0 Å². The molecule has 1 aromatic heterocycles. The molecular weight excluding hydrogens is 318 g/mol. The number of aromatic amines is 1. The minimum absolute atomic E-state index is 0.0150. The number of thioether (sulfide) groups is 1. The summed E-state index contributed by atoms with van der Waals surface area (Å²) in [6, 6.07) is 5.71. The molecule has 120 valence electrons. The molecule has 1 aliphatic rings. The summed E-state index contributed by atoms with van der Waals surface area (Å²) in [6.45, 7) is 1.76. The zero-order valence-corrected chi connectivity index (χ0v) is 13.2. The summed E-state index contributed by atoms with van der Waals surface area (Å²) in [4.78, 5) is 26.6. The van der Waals surface area contributed by atoms with Crippen LogP contribution in [0.25, 0.3) is 0 Å². The van der Waals surface area contributed by atoms with E-state index >= 15 is 0 Å². The Labute approximate surface area is 136 Å². The summed E-state index contributed by atoms with van der Waals surface area (Å²) >= 11 is 1.27. The fourth-order valence-corrected chi connectivity index (χ4v) is 2.70. The second kappa shape index (κ2) is 6.37. The molecule has 0 saturated heterocycles. The van der Waals surface area contributed by atoms with Crippen LogP contribution in [0.2, 0.25) is 0 Å². The Morgan fingerprint density at radius 3 is 2.74 bits per heavy atom. The molecule has 0 radical (unpaired) electrons. The number of nitro benzene ring substituents is 1. The molecule has 1 unspecified atom stereocenters. The van der Waals surface area contributed by atoms with Gasteiger partial charge in [0.05, 0.1) is 10.2 Å². The van der Waals surface area contributed by atoms with E-state index in [9.17, 15) is 14.9 Å². The summed E-state index contributed by atoms with van der Waals surface area (Å²) in [5, 5.41) is 20.5. The van der Waals surface area contributed by atoms with Gasteiger partial charge in [-0.25, -0.2) is 4.98 Å². The van der Waals surface area contributed by atoms with Crippen molar-refractivity contribution in [3.05, 3.63) is 40.2 Å². The van der Waals surface area contributed by atoms with E-state index in [1.807, 2.05) is 0 Å². The maximum Gasteiger partial charge on any atom is 0.269 e. The molecule has 23 heavy (non-hydrogen) atoms. The van der Waals surface area contributed by atoms with Crippen molar-refractivity contribution in [1.82, 2.24) is 15.2 Å². The molecule has 1 fully saturated rings. The van der Waals surface area contributed by atoms with E-state index in [4.69, 9.17) is 0 Å². The number of carbonyl (C=O) groups is 1. The van der Waals surface area contributed by atoms with Gasteiger partial charge in [-0.15, -0.1) is 5.10 Å². The number of hydrogen-bond acceptors (Lipinski definition) is 6. The van der Waals surface area contributed by atoms with E-state index in [-0.39, 0.29) is 16.8 Å². The van der Waals surface area contributed by atoms with Crippen LogP contribution >= 0.6 is 11.8 Å². The number of nitrogens with one attached hydrogen (secondary N) is 2. The van der Waals surface area contributed by atoms with Gasteiger partial charge in [0, 0.05) is 23.7 Å². The average Bonchev–Trinajstić information content (AvgIpc) is 3.28. The van der Waals surface area contributed by atoms with Crippen molar-refractivity contribution in [1.29, 1.82) is 0 Å². The van der Waals surface area contributed by atoms with E-state index in [0.717, 1.165) is 18.7 Å². The normalized spacial score (nSPS) is 15.2. The third-order valence-corrected chi connectivity index (χ3v) is 4.40. The highest BCUT2D eigenvalue weighted by Crippen LogP contribution is 2.38. The Hall–Kier alpha value is -2.42. The number of hydrogen-bond donors (Lipinski definition) is 2. The summed E-state index contributed by atoms with van der Waals surface area (Å²) < 4.78 is 0. The zero-order valence-electron chi connectivity index (χ0n) is 12.4. The van der Waals surface area contributed by atoms with Gasteiger partial charge in [0.1, 0.15) is 5.82 Å². The molecule has 1 aromatic carbocycles. The number of non-ortho nitro benzene ring substituents is 1. The average molecular weight is 333 g/mol. The lowest BCUT2D eigenvalue weighted by molar-refractivity contribution is -0.384. The van der Waals surface area contributed by atoms with Crippen molar-refractivity contribution in [3.8, 4) is 0 Å². The molecule has 1 atom stereocenters. The summed E-state index contributed by atoms with van der Waals surface area (Å²) in [7, 11) is 0. The first-order valence-electron chi connectivity index (χ1n) is 7.17. The van der Waals surface area contributed by atoms with Crippen molar-refractivity contribution >= 4 is 29.0 Å². The predicted molar refractivity (Wildman–Crippen MR) is 85.4 cm³/mol. The van der Waals surface area contributed by atoms with E-state index in [1.165, 1.54) is 36.0 Å². The molecule has 9 heteroatoms. The predicted octanol–water partition coefficient (Wildman–Crippen LogP) is 2.71. The number of nitro groups is 1. The van der Waals surface area contributed by atoms with Crippen molar-refractivity contribution < 1.29 is 9.72 Å². The lowest BCUT2D eigenvalue weighted by atomic mass is 10.3. The largest absolute Gasteiger partial charge is 0.325 e. The molecule has 8 nitrogen and oxygen atoms in total. The van der Waals surface area contributed by atoms with Crippen molar-refractivity contribution in [2.24, 2.45) is 0 Å². The Kier molecular flexibility index (Phi) is 4.28. The first-order valence-corrected chi connectivity index (χ1v) is 8.05. The van der Waals surface area contributed by atoms with Gasteiger partial charge in [0.25, 0.3) is 5.69 Å². The molecule has 0 spiro atoms. The van der Waals surface area contributed by atoms with E-state index < -0.39 is 4.92 Å². The Morgan fingerprint density at radius 2 is 2.13 bits per heavy atom. The van der Waals surface area contributed by atoms with Crippen LogP contribution in [0.1, 0.15) is 31.5 Å². The molecular formula is C14H15N5O3S. The number of benzene rings is 1. The minimum atomic E-state index is -0.481. The fourth-order valence-electron chi connectivity index (χ4n) is 1.97. The van der Waals surface area contributed by atoms with E-state index in [0.29, 0.717) is 16.8 Å². The summed E-state index contributed by atoms with van der Waals surface area (Å²) in [5.74, 6) is 1.16. The van der Waals surface area contributed by atoms with Crippen molar-refractivity contribution in [3.63, 3.8) is 0 Å². The molecule has 2 N–H and O–H groups in total. The standard InChI is InChI=1S/C14H15N5O3S/c1-8(23-14-16-12(17-18-14)9-2-3-9)13(20)15-10-4-6-11(7-5-10)19(21)22/h4-9H,2-3H2,1H3,(H,15,20)(H,16,17,18). The maximum absolute atomic E-state index is 12.2. The van der Waals surface area contributed by atoms with Gasteiger partial charge in [-0.3, -0.25) is 20.0 Å². The van der Waals surface area contributed by atoms with Gasteiger partial charge in [-0.05, 0) is 31.9 Å². The number of aromatic nitrogens is 3. The minimum Gasteiger partial charge on any atom is -0.325 e. The highest BCUT2D eigenvalue weighted by atomic mass is 32.2. The van der Waals surface area contributed by atoms with Gasteiger partial charge in [-0.2, -0.15) is 0 Å². The van der Waals surface area contributed by atoms with Crippen molar-refractivity contribution in [2.45, 2.75) is 36.1 Å². The molecule has 1 heterocycles. The highest BCUT2D eigenvalue weighted by molar-refractivity contribution is 8.00. The van der Waals surface area contributed by atoms with Crippen LogP contribution in [-0.4, -0.2) is 31.3 Å². The number of rotatable bonds is 6. The highest BCUT2D eigenvalue weighted by Gasteiger charge is 2.27.